The molecule has 0 fully saturated rings. The van der Waals surface area contributed by atoms with E-state index in [0.717, 1.165) is 16.8 Å². The van der Waals surface area contributed by atoms with E-state index in [-0.39, 0.29) is 5.82 Å². The third-order valence-electron chi connectivity index (χ3n) is 2.04. The van der Waals surface area contributed by atoms with Crippen LogP contribution in [-0.4, -0.2) is 15.2 Å². The van der Waals surface area contributed by atoms with E-state index >= 15 is 0 Å². The van der Waals surface area contributed by atoms with Gasteiger partial charge in [0.2, 0.25) is 0 Å². The van der Waals surface area contributed by atoms with E-state index in [4.69, 9.17) is 0 Å². The lowest BCUT2D eigenvalue weighted by atomic mass is 10.4. The fourth-order valence-corrected chi connectivity index (χ4v) is 1.94. The monoisotopic (exact) mass is 274 g/mol. The third kappa shape index (κ3) is 3.16. The summed E-state index contributed by atoms with van der Waals surface area (Å²) < 4.78 is 36.7. The van der Waals surface area contributed by atoms with Crippen molar-refractivity contribution < 1.29 is 13.2 Å². The normalized spacial score (nSPS) is 11.6. The molecule has 0 atom stereocenters. The molecule has 2 aromatic rings. The van der Waals surface area contributed by atoms with Crippen LogP contribution in [0.4, 0.5) is 19.0 Å². The van der Waals surface area contributed by atoms with Crippen LogP contribution in [0.3, 0.4) is 0 Å². The first kappa shape index (κ1) is 12.7. The van der Waals surface area contributed by atoms with Gasteiger partial charge in [-0.2, -0.15) is 13.2 Å². The molecule has 0 aliphatic rings. The van der Waals surface area contributed by atoms with Crippen molar-refractivity contribution in [2.75, 3.05) is 5.32 Å². The summed E-state index contributed by atoms with van der Waals surface area (Å²) in [6.07, 6.45) is -4.46. The zero-order valence-electron chi connectivity index (χ0n) is 9.32. The van der Waals surface area contributed by atoms with E-state index in [2.05, 4.69) is 20.5 Å². The minimum Gasteiger partial charge on any atom is -0.362 e. The Hall–Kier alpha value is -1.70. The molecule has 0 amide bonds. The van der Waals surface area contributed by atoms with E-state index in [1.807, 2.05) is 12.3 Å². The fourth-order valence-electron chi connectivity index (χ4n) is 1.23. The zero-order chi connectivity index (χ0) is 13.2. The van der Waals surface area contributed by atoms with Crippen molar-refractivity contribution in [3.05, 3.63) is 33.9 Å². The largest absolute Gasteiger partial charge is 0.435 e. The van der Waals surface area contributed by atoms with Gasteiger partial charge in [0, 0.05) is 11.1 Å². The third-order valence-corrected chi connectivity index (χ3v) is 3.01. The summed E-state index contributed by atoms with van der Waals surface area (Å²) in [7, 11) is 0. The van der Waals surface area contributed by atoms with Gasteiger partial charge in [0.25, 0.3) is 0 Å². The number of hydrogen-bond acceptors (Lipinski definition) is 5. The zero-order valence-corrected chi connectivity index (χ0v) is 10.1. The highest BCUT2D eigenvalue weighted by Gasteiger charge is 2.32. The van der Waals surface area contributed by atoms with Crippen LogP contribution < -0.4 is 5.32 Å². The Labute approximate surface area is 105 Å². The molecular weight excluding hydrogens is 265 g/mol. The van der Waals surface area contributed by atoms with E-state index in [0.29, 0.717) is 6.54 Å². The molecule has 0 aliphatic heterocycles. The molecule has 0 saturated heterocycles. The second-order valence-electron chi connectivity index (χ2n) is 3.54. The Bertz CT molecular complexity index is 521. The fraction of sp³-hybridized carbons (Fsp3) is 0.300. The van der Waals surface area contributed by atoms with Gasteiger partial charge in [0.1, 0.15) is 10.8 Å². The van der Waals surface area contributed by atoms with Gasteiger partial charge in [-0.25, -0.2) is 4.98 Å². The van der Waals surface area contributed by atoms with Crippen molar-refractivity contribution in [1.29, 1.82) is 0 Å². The van der Waals surface area contributed by atoms with Crippen LogP contribution in [-0.2, 0) is 12.7 Å². The van der Waals surface area contributed by atoms with Gasteiger partial charge in [-0.3, -0.25) is 0 Å². The maximum atomic E-state index is 12.2. The lowest BCUT2D eigenvalue weighted by molar-refractivity contribution is -0.141. The van der Waals surface area contributed by atoms with Crippen LogP contribution in [0.1, 0.15) is 16.4 Å². The van der Waals surface area contributed by atoms with E-state index in [1.165, 1.54) is 17.4 Å². The Morgan fingerprint density at radius 2 is 2.06 bits per heavy atom. The predicted molar refractivity (Wildman–Crippen MR) is 61.2 cm³/mol. The second-order valence-corrected chi connectivity index (χ2v) is 4.48. The van der Waals surface area contributed by atoms with Gasteiger partial charge in [-0.05, 0) is 19.1 Å². The summed E-state index contributed by atoms with van der Waals surface area (Å²) in [4.78, 5) is 4.21. The smallest absolute Gasteiger partial charge is 0.362 e. The van der Waals surface area contributed by atoms with E-state index < -0.39 is 11.9 Å². The molecule has 0 radical (unpaired) electrons. The maximum absolute atomic E-state index is 12.2. The lowest BCUT2D eigenvalue weighted by Crippen LogP contribution is -2.10. The predicted octanol–water partition coefficient (Wildman–Crippen LogP) is 2.87. The average Bonchev–Trinajstić information content (AvgIpc) is 2.72. The van der Waals surface area contributed by atoms with Gasteiger partial charge in [0.05, 0.1) is 6.54 Å². The van der Waals surface area contributed by atoms with Gasteiger partial charge in [-0.15, -0.1) is 21.5 Å². The van der Waals surface area contributed by atoms with E-state index in [1.54, 1.807) is 0 Å². The van der Waals surface area contributed by atoms with Gasteiger partial charge in [0.15, 0.2) is 5.69 Å². The van der Waals surface area contributed by atoms with Gasteiger partial charge >= 0.3 is 6.18 Å². The molecule has 2 aromatic heterocycles. The summed E-state index contributed by atoms with van der Waals surface area (Å²) >= 11 is 1.47. The Kier molecular flexibility index (Phi) is 3.46. The Balaban J connectivity index is 1.98. The Morgan fingerprint density at radius 3 is 2.56 bits per heavy atom. The van der Waals surface area contributed by atoms with Crippen molar-refractivity contribution in [2.24, 2.45) is 0 Å². The average molecular weight is 274 g/mol. The molecule has 18 heavy (non-hydrogen) atoms. The van der Waals surface area contributed by atoms with E-state index in [9.17, 15) is 13.2 Å². The standard InChI is InChI=1S/C10H9F3N4S/c1-6-5-18-9(15-6)4-14-8-3-2-7(16-17-8)10(11,12)13/h2-3,5H,4H2,1H3,(H,14,17). The van der Waals surface area contributed by atoms with Crippen LogP contribution in [0.5, 0.6) is 0 Å². The molecular formula is C10H9F3N4S. The van der Waals surface area contributed by atoms with Crippen molar-refractivity contribution in [3.8, 4) is 0 Å². The molecule has 96 valence electrons. The first-order valence-electron chi connectivity index (χ1n) is 5.01. The highest BCUT2D eigenvalue weighted by Crippen LogP contribution is 2.27. The molecule has 2 rings (SSSR count). The number of thiazole rings is 1. The number of anilines is 1. The molecule has 4 nitrogen and oxygen atoms in total. The second kappa shape index (κ2) is 4.89. The molecule has 0 unspecified atom stereocenters. The van der Waals surface area contributed by atoms with Gasteiger partial charge < -0.3 is 5.32 Å². The molecule has 8 heteroatoms. The number of hydrogen-bond donors (Lipinski definition) is 1. The number of rotatable bonds is 3. The van der Waals surface area contributed by atoms with Gasteiger partial charge in [-0.1, -0.05) is 0 Å². The van der Waals surface area contributed by atoms with Crippen LogP contribution in [0.2, 0.25) is 0 Å². The SMILES string of the molecule is Cc1csc(CNc2ccc(C(F)(F)F)nn2)n1. The number of nitrogens with one attached hydrogen (secondary N) is 1. The highest BCUT2D eigenvalue weighted by atomic mass is 32.1. The summed E-state index contributed by atoms with van der Waals surface area (Å²) in [5.41, 5.74) is -0.0894. The quantitative estimate of drug-likeness (QED) is 0.935. The molecule has 0 aliphatic carbocycles. The molecule has 2 heterocycles. The number of aryl methyl sites for hydroxylation is 1. The molecule has 0 aromatic carbocycles. The molecule has 0 spiro atoms. The summed E-state index contributed by atoms with van der Waals surface area (Å²) in [6, 6.07) is 2.14. The first-order valence-corrected chi connectivity index (χ1v) is 5.89. The summed E-state index contributed by atoms with van der Waals surface area (Å²) in [5.74, 6) is 0.288. The number of halogens is 3. The van der Waals surface area contributed by atoms with Crippen molar-refractivity contribution in [1.82, 2.24) is 15.2 Å². The molecule has 1 N–H and O–H groups in total. The molecule has 0 bridgehead atoms. The Morgan fingerprint density at radius 1 is 1.28 bits per heavy atom. The number of nitrogens with zero attached hydrogens (tertiary/aromatic N) is 3. The summed E-state index contributed by atoms with van der Waals surface area (Å²) in [5, 5.41) is 12.2. The minimum atomic E-state index is -4.46. The number of alkyl halides is 3. The minimum absolute atomic E-state index is 0.288. The summed E-state index contributed by atoms with van der Waals surface area (Å²) in [6.45, 7) is 2.29. The van der Waals surface area contributed by atoms with Crippen molar-refractivity contribution in [3.63, 3.8) is 0 Å². The maximum Gasteiger partial charge on any atom is 0.435 e. The first-order chi connectivity index (χ1) is 8.45. The van der Waals surface area contributed by atoms with Crippen LogP contribution in [0.15, 0.2) is 17.5 Å². The highest BCUT2D eigenvalue weighted by molar-refractivity contribution is 7.09. The molecule has 0 saturated carbocycles. The topological polar surface area (TPSA) is 50.7 Å². The van der Waals surface area contributed by atoms with Crippen LogP contribution in [0, 0.1) is 6.92 Å². The number of aromatic nitrogens is 3. The van der Waals surface area contributed by atoms with Crippen molar-refractivity contribution >= 4 is 17.2 Å². The van der Waals surface area contributed by atoms with Crippen molar-refractivity contribution in [2.45, 2.75) is 19.6 Å². The van der Waals surface area contributed by atoms with Crippen LogP contribution in [0.25, 0.3) is 0 Å². The lowest BCUT2D eigenvalue weighted by Gasteiger charge is -2.06. The van der Waals surface area contributed by atoms with Crippen LogP contribution >= 0.6 is 11.3 Å².